The number of carboxylic acid groups (broad SMARTS) is 1. The zero-order valence-electron chi connectivity index (χ0n) is 8.88. The van der Waals surface area contributed by atoms with Crippen molar-refractivity contribution in [2.75, 3.05) is 6.61 Å². The van der Waals surface area contributed by atoms with Crippen LogP contribution in [0.1, 0.15) is 0 Å². The molecular weight excluding hydrogens is 236 g/mol. The summed E-state index contributed by atoms with van der Waals surface area (Å²) in [4.78, 5) is 10.7. The number of carboxylic acids is 1. The maximum absolute atomic E-state index is 10.7. The highest BCUT2D eigenvalue weighted by Crippen LogP contribution is 2.11. The summed E-state index contributed by atoms with van der Waals surface area (Å²) in [6, 6.07) is 0. The Labute approximate surface area is 97.0 Å². The average Bonchev–Trinajstić information content (AvgIpc) is 2.31. The Hall–Kier alpha value is -1.19. The van der Waals surface area contributed by atoms with Gasteiger partial charge in [-0.2, -0.15) is 0 Å². The van der Waals surface area contributed by atoms with Crippen molar-refractivity contribution in [1.29, 1.82) is 0 Å². The summed E-state index contributed by atoms with van der Waals surface area (Å²) < 4.78 is 4.45. The third-order valence-corrected chi connectivity index (χ3v) is 2.08. The van der Waals surface area contributed by atoms with E-state index < -0.39 is 43.1 Å². The van der Waals surface area contributed by atoms with Gasteiger partial charge in [-0.1, -0.05) is 6.58 Å². The number of ether oxygens (including phenoxy) is 1. The van der Waals surface area contributed by atoms with E-state index in [1.54, 1.807) is 0 Å². The lowest BCUT2D eigenvalue weighted by Gasteiger charge is -2.28. The number of aliphatic hydroxyl groups is 5. The third-order valence-electron chi connectivity index (χ3n) is 2.08. The van der Waals surface area contributed by atoms with Gasteiger partial charge in [0.25, 0.3) is 0 Å². The summed E-state index contributed by atoms with van der Waals surface area (Å²) in [6.45, 7) is 2.23. The Morgan fingerprint density at radius 1 is 1.18 bits per heavy atom. The first-order chi connectivity index (χ1) is 7.86. The maximum atomic E-state index is 10.7. The minimum atomic E-state index is -2.00. The average molecular weight is 252 g/mol. The first kappa shape index (κ1) is 15.8. The topological polar surface area (TPSA) is 148 Å². The molecule has 0 amide bonds. The van der Waals surface area contributed by atoms with Crippen molar-refractivity contribution in [1.82, 2.24) is 0 Å². The molecule has 100 valence electrons. The predicted octanol–water partition coefficient (Wildman–Crippen LogP) is -2.96. The Morgan fingerprint density at radius 2 is 1.71 bits per heavy atom. The van der Waals surface area contributed by atoms with Crippen LogP contribution in [0.5, 0.6) is 0 Å². The number of aliphatic hydroxyl groups excluding tert-OH is 5. The SMILES string of the molecule is C=COC(C(=O)O)[C@H](O)[C@@H](O)[C@H](O)[C@H](O)CO. The number of rotatable bonds is 8. The molecule has 0 aliphatic heterocycles. The van der Waals surface area contributed by atoms with E-state index in [9.17, 15) is 20.1 Å². The van der Waals surface area contributed by atoms with Gasteiger partial charge in [0.15, 0.2) is 0 Å². The van der Waals surface area contributed by atoms with Gasteiger partial charge in [0, 0.05) is 0 Å². The molecule has 0 radical (unpaired) electrons. The monoisotopic (exact) mass is 252 g/mol. The van der Waals surface area contributed by atoms with Crippen LogP contribution >= 0.6 is 0 Å². The minimum Gasteiger partial charge on any atom is -0.484 e. The van der Waals surface area contributed by atoms with Gasteiger partial charge in [0.05, 0.1) is 12.9 Å². The molecule has 0 aromatic heterocycles. The zero-order valence-corrected chi connectivity index (χ0v) is 8.88. The van der Waals surface area contributed by atoms with Crippen LogP contribution in [0, 0.1) is 0 Å². The summed E-state index contributed by atoms with van der Waals surface area (Å²) in [5.74, 6) is -1.58. The fraction of sp³-hybridized carbons (Fsp3) is 0.667. The summed E-state index contributed by atoms with van der Waals surface area (Å²) in [6.07, 6.45) is -8.71. The molecule has 0 heterocycles. The molecule has 0 fully saturated rings. The molecule has 0 bridgehead atoms. The van der Waals surface area contributed by atoms with Crippen LogP contribution in [0.25, 0.3) is 0 Å². The fourth-order valence-electron chi connectivity index (χ4n) is 1.11. The van der Waals surface area contributed by atoms with Gasteiger partial charge in [0.2, 0.25) is 6.10 Å². The Morgan fingerprint density at radius 3 is 2.06 bits per heavy atom. The van der Waals surface area contributed by atoms with Crippen molar-refractivity contribution in [3.63, 3.8) is 0 Å². The molecule has 8 nitrogen and oxygen atoms in total. The molecule has 0 aliphatic rings. The Bertz CT molecular complexity index is 255. The molecule has 0 rings (SSSR count). The minimum absolute atomic E-state index is 0.754. The summed E-state index contributed by atoms with van der Waals surface area (Å²) in [5.41, 5.74) is 0. The van der Waals surface area contributed by atoms with E-state index >= 15 is 0 Å². The largest absolute Gasteiger partial charge is 0.484 e. The van der Waals surface area contributed by atoms with Crippen molar-refractivity contribution < 1.29 is 40.2 Å². The maximum Gasteiger partial charge on any atom is 0.347 e. The van der Waals surface area contributed by atoms with Crippen LogP contribution in [0.2, 0.25) is 0 Å². The van der Waals surface area contributed by atoms with Gasteiger partial charge in [-0.3, -0.25) is 0 Å². The van der Waals surface area contributed by atoms with Gasteiger partial charge < -0.3 is 35.4 Å². The highest BCUT2D eigenvalue weighted by Gasteiger charge is 2.38. The van der Waals surface area contributed by atoms with Crippen molar-refractivity contribution >= 4 is 5.97 Å². The van der Waals surface area contributed by atoms with E-state index in [-0.39, 0.29) is 0 Å². The number of carbonyl (C=O) groups is 1. The van der Waals surface area contributed by atoms with Crippen LogP contribution < -0.4 is 0 Å². The van der Waals surface area contributed by atoms with Gasteiger partial charge in [-0.25, -0.2) is 4.79 Å². The summed E-state index contributed by atoms with van der Waals surface area (Å²) in [5, 5.41) is 54.3. The lowest BCUT2D eigenvalue weighted by Crippen LogP contribution is -2.52. The molecule has 0 saturated carbocycles. The lowest BCUT2D eigenvalue weighted by molar-refractivity contribution is -0.170. The zero-order chi connectivity index (χ0) is 13.6. The lowest BCUT2D eigenvalue weighted by atomic mass is 9.99. The van der Waals surface area contributed by atoms with Gasteiger partial charge in [-0.15, -0.1) is 0 Å². The molecule has 0 saturated heterocycles. The predicted molar refractivity (Wildman–Crippen MR) is 53.8 cm³/mol. The van der Waals surface area contributed by atoms with E-state index in [4.69, 9.17) is 15.3 Å². The molecule has 0 aliphatic carbocycles. The smallest absolute Gasteiger partial charge is 0.347 e. The molecule has 8 heteroatoms. The first-order valence-corrected chi connectivity index (χ1v) is 4.69. The van der Waals surface area contributed by atoms with Crippen molar-refractivity contribution in [3.8, 4) is 0 Å². The quantitative estimate of drug-likeness (QED) is 0.251. The second-order valence-electron chi connectivity index (χ2n) is 3.28. The van der Waals surface area contributed by atoms with E-state index in [1.807, 2.05) is 0 Å². The van der Waals surface area contributed by atoms with Crippen molar-refractivity contribution in [3.05, 3.63) is 12.8 Å². The molecule has 5 atom stereocenters. The van der Waals surface area contributed by atoms with Crippen LogP contribution in [-0.2, 0) is 9.53 Å². The van der Waals surface area contributed by atoms with Gasteiger partial charge >= 0.3 is 5.97 Å². The third kappa shape index (κ3) is 4.29. The Kier molecular flexibility index (Phi) is 6.69. The summed E-state index contributed by atoms with van der Waals surface area (Å²) >= 11 is 0. The van der Waals surface area contributed by atoms with Gasteiger partial charge in [-0.05, 0) is 0 Å². The van der Waals surface area contributed by atoms with Crippen LogP contribution in [0.15, 0.2) is 12.8 Å². The van der Waals surface area contributed by atoms with Crippen LogP contribution in [0.3, 0.4) is 0 Å². The molecule has 1 unspecified atom stereocenters. The van der Waals surface area contributed by atoms with E-state index in [0.29, 0.717) is 0 Å². The standard InChI is InChI=1S/C9H16O8/c1-2-17-8(9(15)16)7(14)6(13)5(12)4(11)3-10/h2,4-8,10-14H,1,3H2,(H,15,16)/t4-,5-,6+,7-,8?/m1/s1. The highest BCUT2D eigenvalue weighted by molar-refractivity contribution is 5.73. The summed E-state index contributed by atoms with van der Waals surface area (Å²) in [7, 11) is 0. The van der Waals surface area contributed by atoms with Gasteiger partial charge in [0.1, 0.15) is 24.4 Å². The molecule has 17 heavy (non-hydrogen) atoms. The molecule has 0 spiro atoms. The Balaban J connectivity index is 4.69. The molecule has 0 aromatic rings. The second-order valence-corrected chi connectivity index (χ2v) is 3.28. The molecule has 0 aromatic carbocycles. The van der Waals surface area contributed by atoms with E-state index in [0.717, 1.165) is 6.26 Å². The van der Waals surface area contributed by atoms with Crippen LogP contribution in [0.4, 0.5) is 0 Å². The number of aliphatic carboxylic acids is 1. The second kappa shape index (κ2) is 7.20. The number of hydrogen-bond acceptors (Lipinski definition) is 7. The normalized spacial score (nSPS) is 19.8. The molecule has 6 N–H and O–H groups in total. The van der Waals surface area contributed by atoms with Crippen molar-refractivity contribution in [2.45, 2.75) is 30.5 Å². The number of hydrogen-bond donors (Lipinski definition) is 6. The van der Waals surface area contributed by atoms with Crippen molar-refractivity contribution in [2.24, 2.45) is 0 Å². The highest BCUT2D eigenvalue weighted by atomic mass is 16.5. The van der Waals surface area contributed by atoms with E-state index in [1.165, 1.54) is 0 Å². The molecular formula is C9H16O8. The first-order valence-electron chi connectivity index (χ1n) is 4.69. The van der Waals surface area contributed by atoms with E-state index in [2.05, 4.69) is 11.3 Å². The fourth-order valence-corrected chi connectivity index (χ4v) is 1.11. The van der Waals surface area contributed by atoms with Crippen LogP contribution in [-0.4, -0.2) is 73.7 Å².